The molecule has 8 nitrogen and oxygen atoms in total. The molecule has 2 N–H and O–H groups in total. The molecule has 1 aliphatic rings. The lowest BCUT2D eigenvalue weighted by atomic mass is 9.92. The summed E-state index contributed by atoms with van der Waals surface area (Å²) in [6.07, 6.45) is 0. The number of hydrogen-bond donors (Lipinski definition) is 2. The van der Waals surface area contributed by atoms with Crippen LogP contribution >= 0.6 is 11.3 Å². The maximum Gasteiger partial charge on any atom is 0.325 e. The molecule has 2 heterocycles. The van der Waals surface area contributed by atoms with Gasteiger partial charge in [-0.1, -0.05) is 29.5 Å². The van der Waals surface area contributed by atoms with Crippen LogP contribution in [0.1, 0.15) is 32.9 Å². The molecule has 1 saturated heterocycles. The standard InChI is InChI=1S/C21H16F3N5O3S/c1-21(12-4-7-14(23)15(24)8-12)19(31)29(20(32)26-21)10-16-27-28-18(33-16)17(30)25-9-11-2-5-13(22)6-3-11/h2-8H,9-10H2,1H3,(H,25,30)(H,26,32). The zero-order valence-corrected chi connectivity index (χ0v) is 17.9. The van der Waals surface area contributed by atoms with Gasteiger partial charge >= 0.3 is 6.03 Å². The van der Waals surface area contributed by atoms with Gasteiger partial charge in [-0.25, -0.2) is 18.0 Å². The summed E-state index contributed by atoms with van der Waals surface area (Å²) in [5.41, 5.74) is -0.822. The number of urea groups is 1. The van der Waals surface area contributed by atoms with Crippen LogP contribution in [0.15, 0.2) is 42.5 Å². The fraction of sp³-hybridized carbons (Fsp3) is 0.190. The smallest absolute Gasteiger partial charge is 0.325 e. The van der Waals surface area contributed by atoms with Gasteiger partial charge in [0.15, 0.2) is 11.6 Å². The minimum absolute atomic E-state index is 0.0162. The van der Waals surface area contributed by atoms with Crippen molar-refractivity contribution in [2.45, 2.75) is 25.6 Å². The van der Waals surface area contributed by atoms with Crippen molar-refractivity contribution in [3.8, 4) is 0 Å². The largest absolute Gasteiger partial charge is 0.346 e. The Kier molecular flexibility index (Phi) is 5.85. The van der Waals surface area contributed by atoms with Gasteiger partial charge in [0.25, 0.3) is 11.8 Å². The first kappa shape index (κ1) is 22.4. The number of benzene rings is 2. The number of hydrogen-bond acceptors (Lipinski definition) is 6. The van der Waals surface area contributed by atoms with Crippen molar-refractivity contribution < 1.29 is 27.6 Å². The van der Waals surface area contributed by atoms with E-state index in [2.05, 4.69) is 20.8 Å². The van der Waals surface area contributed by atoms with Gasteiger partial charge < -0.3 is 10.6 Å². The SMILES string of the molecule is CC1(c2ccc(F)c(F)c2)NC(=O)N(Cc2nnc(C(=O)NCc3ccc(F)cc3)s2)C1=O. The van der Waals surface area contributed by atoms with Crippen molar-refractivity contribution in [3.63, 3.8) is 0 Å². The molecule has 1 fully saturated rings. The van der Waals surface area contributed by atoms with E-state index in [1.54, 1.807) is 0 Å². The quantitative estimate of drug-likeness (QED) is 0.534. The van der Waals surface area contributed by atoms with Gasteiger partial charge in [0.2, 0.25) is 5.01 Å². The number of amides is 4. The summed E-state index contributed by atoms with van der Waals surface area (Å²) in [5.74, 6) is -3.81. The molecule has 3 aromatic rings. The van der Waals surface area contributed by atoms with Crippen molar-refractivity contribution in [2.24, 2.45) is 0 Å². The van der Waals surface area contributed by atoms with E-state index in [-0.39, 0.29) is 34.5 Å². The molecule has 0 aliphatic carbocycles. The molecule has 0 saturated carbocycles. The van der Waals surface area contributed by atoms with Crippen molar-refractivity contribution in [2.75, 3.05) is 0 Å². The molecule has 2 aromatic carbocycles. The van der Waals surface area contributed by atoms with Gasteiger partial charge in [-0.05, 0) is 42.3 Å². The second kappa shape index (κ2) is 8.62. The molecule has 170 valence electrons. The zero-order chi connectivity index (χ0) is 23.8. The molecule has 1 aliphatic heterocycles. The Morgan fingerprint density at radius 2 is 1.82 bits per heavy atom. The van der Waals surface area contributed by atoms with Crippen molar-refractivity contribution in [3.05, 3.63) is 81.1 Å². The van der Waals surface area contributed by atoms with Crippen LogP contribution < -0.4 is 10.6 Å². The highest BCUT2D eigenvalue weighted by Gasteiger charge is 2.49. The molecule has 0 spiro atoms. The second-order valence-electron chi connectivity index (χ2n) is 7.39. The third-order valence-electron chi connectivity index (χ3n) is 5.09. The van der Waals surface area contributed by atoms with Gasteiger partial charge in [0.05, 0.1) is 6.54 Å². The van der Waals surface area contributed by atoms with Gasteiger partial charge in [0, 0.05) is 6.54 Å². The van der Waals surface area contributed by atoms with Crippen molar-refractivity contribution >= 4 is 29.2 Å². The Bertz CT molecular complexity index is 1250. The van der Waals surface area contributed by atoms with Crippen molar-refractivity contribution in [1.82, 2.24) is 25.7 Å². The van der Waals surface area contributed by atoms with Gasteiger partial charge in [-0.2, -0.15) is 0 Å². The van der Waals surface area contributed by atoms with Crippen LogP contribution in [0.4, 0.5) is 18.0 Å². The number of carbonyl (C=O) groups excluding carboxylic acids is 3. The molecule has 0 bridgehead atoms. The molecule has 4 rings (SSSR count). The number of aromatic nitrogens is 2. The molecular formula is C21H16F3N5O3S. The second-order valence-corrected chi connectivity index (χ2v) is 8.45. The molecule has 0 radical (unpaired) electrons. The highest BCUT2D eigenvalue weighted by Crippen LogP contribution is 2.31. The zero-order valence-electron chi connectivity index (χ0n) is 17.1. The number of nitrogens with zero attached hydrogens (tertiary/aromatic N) is 3. The summed E-state index contributed by atoms with van der Waals surface area (Å²) in [4.78, 5) is 38.5. The summed E-state index contributed by atoms with van der Waals surface area (Å²) < 4.78 is 39.9. The molecule has 33 heavy (non-hydrogen) atoms. The maximum atomic E-state index is 13.7. The molecular weight excluding hydrogens is 459 g/mol. The molecule has 12 heteroatoms. The lowest BCUT2D eigenvalue weighted by molar-refractivity contribution is -0.131. The highest BCUT2D eigenvalue weighted by molar-refractivity contribution is 7.13. The lowest BCUT2D eigenvalue weighted by Crippen LogP contribution is -2.41. The summed E-state index contributed by atoms with van der Waals surface area (Å²) in [5, 5.41) is 13.0. The number of halogens is 3. The van der Waals surface area contributed by atoms with Gasteiger partial charge in [-0.15, -0.1) is 10.2 Å². The van der Waals surface area contributed by atoms with Crippen LogP contribution in [-0.2, 0) is 23.4 Å². The average molecular weight is 475 g/mol. The van der Waals surface area contributed by atoms with E-state index < -0.39 is 35.0 Å². The Balaban J connectivity index is 1.43. The monoisotopic (exact) mass is 475 g/mol. The van der Waals surface area contributed by atoms with E-state index in [9.17, 15) is 27.6 Å². The first-order valence-corrected chi connectivity index (χ1v) is 10.4. The summed E-state index contributed by atoms with van der Waals surface area (Å²) in [6, 6.07) is 7.81. The summed E-state index contributed by atoms with van der Waals surface area (Å²) >= 11 is 0.892. The number of rotatable bonds is 6. The van der Waals surface area contributed by atoms with Crippen LogP contribution in [0.5, 0.6) is 0 Å². The fourth-order valence-corrected chi connectivity index (χ4v) is 3.99. The van der Waals surface area contributed by atoms with Gasteiger partial charge in [-0.3, -0.25) is 14.5 Å². The minimum Gasteiger partial charge on any atom is -0.346 e. The number of carbonyl (C=O) groups is 3. The Morgan fingerprint density at radius 1 is 1.09 bits per heavy atom. The lowest BCUT2D eigenvalue weighted by Gasteiger charge is -2.22. The van der Waals surface area contributed by atoms with E-state index in [1.165, 1.54) is 37.3 Å². The maximum absolute atomic E-state index is 13.7. The molecule has 1 atom stereocenters. The molecule has 1 unspecified atom stereocenters. The van der Waals surface area contributed by atoms with Gasteiger partial charge in [0.1, 0.15) is 16.4 Å². The Morgan fingerprint density at radius 3 is 2.52 bits per heavy atom. The van der Waals surface area contributed by atoms with Crippen LogP contribution in [0.25, 0.3) is 0 Å². The number of imide groups is 1. The first-order valence-electron chi connectivity index (χ1n) is 9.62. The van der Waals surface area contributed by atoms with Crippen LogP contribution in [-0.4, -0.2) is 32.9 Å². The normalized spacial score (nSPS) is 17.9. The van der Waals surface area contributed by atoms with Crippen LogP contribution in [0, 0.1) is 17.5 Å². The Labute approximate surface area is 189 Å². The minimum atomic E-state index is -1.59. The predicted molar refractivity (Wildman–Crippen MR) is 110 cm³/mol. The summed E-state index contributed by atoms with van der Waals surface area (Å²) in [7, 11) is 0. The topological polar surface area (TPSA) is 104 Å². The molecule has 4 amide bonds. The first-order chi connectivity index (χ1) is 15.7. The van der Waals surface area contributed by atoms with Crippen molar-refractivity contribution in [1.29, 1.82) is 0 Å². The molecule has 1 aromatic heterocycles. The van der Waals surface area contributed by atoms with E-state index in [4.69, 9.17) is 0 Å². The van der Waals surface area contributed by atoms with Crippen LogP contribution in [0.2, 0.25) is 0 Å². The predicted octanol–water partition coefficient (Wildman–Crippen LogP) is 2.85. The fourth-order valence-electron chi connectivity index (χ4n) is 3.25. The van der Waals surface area contributed by atoms with E-state index >= 15 is 0 Å². The third-order valence-corrected chi connectivity index (χ3v) is 6.00. The van der Waals surface area contributed by atoms with E-state index in [0.29, 0.717) is 5.56 Å². The highest BCUT2D eigenvalue weighted by atomic mass is 32.1. The van der Waals surface area contributed by atoms with Crippen LogP contribution in [0.3, 0.4) is 0 Å². The van der Waals surface area contributed by atoms with E-state index in [1.807, 2.05) is 0 Å². The number of nitrogens with one attached hydrogen (secondary N) is 2. The summed E-state index contributed by atoms with van der Waals surface area (Å²) in [6.45, 7) is 1.27. The average Bonchev–Trinajstić information content (AvgIpc) is 3.34. The Hall–Kier alpha value is -3.80. The third kappa shape index (κ3) is 4.42. The van der Waals surface area contributed by atoms with E-state index in [0.717, 1.165) is 28.4 Å².